The van der Waals surface area contributed by atoms with Crippen LogP contribution in [0.2, 0.25) is 10.0 Å². The van der Waals surface area contributed by atoms with Gasteiger partial charge in [-0.05, 0) is 24.3 Å². The summed E-state index contributed by atoms with van der Waals surface area (Å²) in [5.41, 5.74) is 8.33. The lowest BCUT2D eigenvalue weighted by Gasteiger charge is -2.17. The molecule has 0 bridgehead atoms. The topological polar surface area (TPSA) is 56.0 Å². The molecule has 0 spiro atoms. The molecule has 0 saturated carbocycles. The summed E-state index contributed by atoms with van der Waals surface area (Å²) < 4.78 is 0. The molecular weight excluding hydrogens is 343 g/mol. The van der Waals surface area contributed by atoms with Gasteiger partial charge in [-0.3, -0.25) is 9.78 Å². The molecule has 0 aliphatic rings. The predicted octanol–water partition coefficient (Wildman–Crippen LogP) is 4.67. The maximum atomic E-state index is 12.1. The van der Waals surface area contributed by atoms with Crippen molar-refractivity contribution < 1.29 is 4.79 Å². The highest BCUT2D eigenvalue weighted by Crippen LogP contribution is 2.35. The van der Waals surface area contributed by atoms with Gasteiger partial charge >= 0.3 is 0 Å². The van der Waals surface area contributed by atoms with Crippen LogP contribution in [0.3, 0.4) is 0 Å². The molecule has 2 N–H and O–H groups in total. The summed E-state index contributed by atoms with van der Waals surface area (Å²) in [4.78, 5) is 16.7. The lowest BCUT2D eigenvalue weighted by atomic mass is 9.94. The Morgan fingerprint density at radius 3 is 2.12 bits per heavy atom. The van der Waals surface area contributed by atoms with Crippen LogP contribution >= 0.6 is 23.2 Å². The SMILES string of the molecule is NC(=O)C(c1cccc(-c2ccccc2)n1)c1c(Cl)cccc1Cl. The van der Waals surface area contributed by atoms with Crippen molar-refractivity contribution in [3.8, 4) is 11.3 Å². The first-order valence-electron chi connectivity index (χ1n) is 7.33. The van der Waals surface area contributed by atoms with E-state index in [1.807, 2.05) is 42.5 Å². The Morgan fingerprint density at radius 1 is 0.875 bits per heavy atom. The van der Waals surface area contributed by atoms with Crippen LogP contribution in [-0.4, -0.2) is 10.9 Å². The first-order valence-corrected chi connectivity index (χ1v) is 8.09. The zero-order valence-corrected chi connectivity index (χ0v) is 14.1. The van der Waals surface area contributed by atoms with Crippen molar-refractivity contribution in [1.82, 2.24) is 4.98 Å². The largest absolute Gasteiger partial charge is 0.369 e. The number of halogens is 2. The van der Waals surface area contributed by atoms with Crippen molar-refractivity contribution in [2.24, 2.45) is 5.73 Å². The maximum absolute atomic E-state index is 12.1. The van der Waals surface area contributed by atoms with Crippen LogP contribution in [0, 0.1) is 0 Å². The van der Waals surface area contributed by atoms with E-state index in [1.54, 1.807) is 24.3 Å². The Hall–Kier alpha value is -2.36. The minimum Gasteiger partial charge on any atom is -0.369 e. The van der Waals surface area contributed by atoms with Crippen LogP contribution in [0.1, 0.15) is 17.2 Å². The van der Waals surface area contributed by atoms with Gasteiger partial charge in [0.15, 0.2) is 0 Å². The van der Waals surface area contributed by atoms with Gasteiger partial charge in [0.05, 0.1) is 11.4 Å². The van der Waals surface area contributed by atoms with E-state index in [0.717, 1.165) is 11.3 Å². The van der Waals surface area contributed by atoms with Gasteiger partial charge in [-0.15, -0.1) is 0 Å². The molecule has 1 heterocycles. The third kappa shape index (κ3) is 3.28. The number of nitrogens with zero attached hydrogens (tertiary/aromatic N) is 1. The summed E-state index contributed by atoms with van der Waals surface area (Å²) in [5.74, 6) is -1.36. The van der Waals surface area contributed by atoms with E-state index in [1.165, 1.54) is 0 Å². The van der Waals surface area contributed by atoms with E-state index in [0.29, 0.717) is 21.3 Å². The van der Waals surface area contributed by atoms with Gasteiger partial charge in [-0.25, -0.2) is 0 Å². The van der Waals surface area contributed by atoms with Crippen molar-refractivity contribution in [1.29, 1.82) is 0 Å². The number of benzene rings is 2. The zero-order chi connectivity index (χ0) is 17.1. The van der Waals surface area contributed by atoms with Crippen molar-refractivity contribution in [2.75, 3.05) is 0 Å². The van der Waals surface area contributed by atoms with E-state index in [9.17, 15) is 4.79 Å². The third-order valence-electron chi connectivity index (χ3n) is 3.71. The maximum Gasteiger partial charge on any atom is 0.231 e. The Morgan fingerprint density at radius 2 is 1.50 bits per heavy atom. The summed E-state index contributed by atoms with van der Waals surface area (Å²) in [6.45, 7) is 0. The zero-order valence-electron chi connectivity index (χ0n) is 12.6. The van der Waals surface area contributed by atoms with Gasteiger partial charge in [0.25, 0.3) is 0 Å². The first-order chi connectivity index (χ1) is 11.6. The quantitative estimate of drug-likeness (QED) is 0.738. The smallest absolute Gasteiger partial charge is 0.231 e. The molecule has 3 rings (SSSR count). The normalized spacial score (nSPS) is 11.9. The number of rotatable bonds is 4. The number of amides is 1. The molecule has 0 radical (unpaired) electrons. The fourth-order valence-corrected chi connectivity index (χ4v) is 3.22. The number of pyridine rings is 1. The molecule has 0 aliphatic heterocycles. The highest BCUT2D eigenvalue weighted by molar-refractivity contribution is 6.36. The van der Waals surface area contributed by atoms with Gasteiger partial charge in [0.1, 0.15) is 5.92 Å². The summed E-state index contributed by atoms with van der Waals surface area (Å²) in [5, 5.41) is 0.774. The molecule has 3 nitrogen and oxygen atoms in total. The Balaban J connectivity index is 2.13. The van der Waals surface area contributed by atoms with E-state index < -0.39 is 11.8 Å². The second-order valence-electron chi connectivity index (χ2n) is 5.28. The van der Waals surface area contributed by atoms with E-state index in [4.69, 9.17) is 28.9 Å². The standard InChI is InChI=1S/C19H14Cl2N2O/c20-13-8-4-9-14(21)17(13)18(19(22)24)16-11-5-10-15(23-16)12-6-2-1-3-7-12/h1-11,18H,(H2,22,24). The average molecular weight is 357 g/mol. The Bertz CT molecular complexity index is 861. The molecule has 1 unspecified atom stereocenters. The van der Waals surface area contributed by atoms with E-state index in [2.05, 4.69) is 4.98 Å². The fraction of sp³-hybridized carbons (Fsp3) is 0.0526. The number of primary amides is 1. The molecule has 1 aromatic heterocycles. The molecule has 0 fully saturated rings. The van der Waals surface area contributed by atoms with Gasteiger partial charge in [0, 0.05) is 21.2 Å². The van der Waals surface area contributed by atoms with E-state index >= 15 is 0 Å². The average Bonchev–Trinajstić information content (AvgIpc) is 2.59. The number of hydrogen-bond acceptors (Lipinski definition) is 2. The highest BCUT2D eigenvalue weighted by Gasteiger charge is 2.26. The molecular formula is C19H14Cl2N2O. The first kappa shape index (κ1) is 16.5. The van der Waals surface area contributed by atoms with Crippen LogP contribution in [0.5, 0.6) is 0 Å². The van der Waals surface area contributed by atoms with Crippen molar-refractivity contribution >= 4 is 29.1 Å². The van der Waals surface area contributed by atoms with Crippen LogP contribution in [0.15, 0.2) is 66.7 Å². The molecule has 120 valence electrons. The summed E-state index contributed by atoms with van der Waals surface area (Å²) in [6, 6.07) is 20.3. The molecule has 1 amide bonds. The Kier molecular flexibility index (Phi) is 4.84. The molecule has 0 saturated heterocycles. The van der Waals surface area contributed by atoms with Gasteiger partial charge < -0.3 is 5.73 Å². The van der Waals surface area contributed by atoms with Crippen LogP contribution in [0.25, 0.3) is 11.3 Å². The number of carbonyl (C=O) groups is 1. The second kappa shape index (κ2) is 7.04. The lowest BCUT2D eigenvalue weighted by Crippen LogP contribution is -2.24. The summed E-state index contributed by atoms with van der Waals surface area (Å²) >= 11 is 12.5. The minimum absolute atomic E-state index is 0.387. The van der Waals surface area contributed by atoms with Crippen molar-refractivity contribution in [3.63, 3.8) is 0 Å². The van der Waals surface area contributed by atoms with Crippen molar-refractivity contribution in [2.45, 2.75) is 5.92 Å². The molecule has 0 aliphatic carbocycles. The summed E-state index contributed by atoms with van der Waals surface area (Å²) in [6.07, 6.45) is 0. The highest BCUT2D eigenvalue weighted by atomic mass is 35.5. The second-order valence-corrected chi connectivity index (χ2v) is 6.10. The van der Waals surface area contributed by atoms with Gasteiger partial charge in [0.2, 0.25) is 5.91 Å². The fourth-order valence-electron chi connectivity index (χ4n) is 2.60. The monoisotopic (exact) mass is 356 g/mol. The van der Waals surface area contributed by atoms with Crippen LogP contribution < -0.4 is 5.73 Å². The predicted molar refractivity (Wildman–Crippen MR) is 97.2 cm³/mol. The summed E-state index contributed by atoms with van der Waals surface area (Å²) in [7, 11) is 0. The van der Waals surface area contributed by atoms with Crippen LogP contribution in [0.4, 0.5) is 0 Å². The lowest BCUT2D eigenvalue weighted by molar-refractivity contribution is -0.118. The molecule has 5 heteroatoms. The molecule has 24 heavy (non-hydrogen) atoms. The van der Waals surface area contributed by atoms with Crippen LogP contribution in [-0.2, 0) is 4.79 Å². The number of hydrogen-bond donors (Lipinski definition) is 1. The number of carbonyl (C=O) groups excluding carboxylic acids is 1. The number of aromatic nitrogens is 1. The third-order valence-corrected chi connectivity index (χ3v) is 4.37. The molecule has 1 atom stereocenters. The Labute approximate surface area is 150 Å². The van der Waals surface area contributed by atoms with E-state index in [-0.39, 0.29) is 0 Å². The molecule has 3 aromatic rings. The van der Waals surface area contributed by atoms with Crippen molar-refractivity contribution in [3.05, 3.63) is 88.0 Å². The van der Waals surface area contributed by atoms with Gasteiger partial charge in [-0.1, -0.05) is 65.7 Å². The molecule has 2 aromatic carbocycles. The minimum atomic E-state index is -0.810. The number of nitrogens with two attached hydrogens (primary N) is 1. The van der Waals surface area contributed by atoms with Gasteiger partial charge in [-0.2, -0.15) is 0 Å².